The summed E-state index contributed by atoms with van der Waals surface area (Å²) in [5, 5.41) is 7.16. The molecule has 0 spiro atoms. The van der Waals surface area contributed by atoms with E-state index >= 15 is 0 Å². The lowest BCUT2D eigenvalue weighted by Gasteiger charge is -2.20. The SMILES string of the molecule is CCCCN(CC(N)=O)S(=O)(=O)c1c(Br)nnn1C. The van der Waals surface area contributed by atoms with E-state index < -0.39 is 15.9 Å². The molecule has 0 aliphatic heterocycles. The predicted molar refractivity (Wildman–Crippen MR) is 71.6 cm³/mol. The summed E-state index contributed by atoms with van der Waals surface area (Å²) < 4.78 is 27.2. The van der Waals surface area contributed by atoms with Crippen molar-refractivity contribution < 1.29 is 13.2 Å². The quantitative estimate of drug-likeness (QED) is 0.732. The van der Waals surface area contributed by atoms with E-state index in [2.05, 4.69) is 26.2 Å². The second kappa shape index (κ2) is 6.44. The van der Waals surface area contributed by atoms with E-state index in [-0.39, 0.29) is 22.7 Å². The number of aryl methyl sites for hydroxylation is 1. The lowest BCUT2D eigenvalue weighted by atomic mass is 10.3. The van der Waals surface area contributed by atoms with Crippen molar-refractivity contribution in [1.29, 1.82) is 0 Å². The van der Waals surface area contributed by atoms with E-state index in [1.165, 1.54) is 7.05 Å². The molecule has 1 heterocycles. The van der Waals surface area contributed by atoms with Crippen molar-refractivity contribution in [2.75, 3.05) is 13.1 Å². The number of hydrogen-bond donors (Lipinski definition) is 1. The van der Waals surface area contributed by atoms with Gasteiger partial charge in [-0.2, -0.15) is 4.31 Å². The fourth-order valence-corrected chi connectivity index (χ4v) is 3.99. The second-order valence-electron chi connectivity index (χ2n) is 3.97. The van der Waals surface area contributed by atoms with Crippen LogP contribution < -0.4 is 5.73 Å². The third kappa shape index (κ3) is 3.74. The van der Waals surface area contributed by atoms with Crippen molar-refractivity contribution in [2.24, 2.45) is 12.8 Å². The van der Waals surface area contributed by atoms with Crippen molar-refractivity contribution in [3.63, 3.8) is 0 Å². The summed E-state index contributed by atoms with van der Waals surface area (Å²) >= 11 is 3.04. The number of aromatic nitrogens is 3. The Hall–Kier alpha value is -1.00. The third-order valence-corrected chi connectivity index (χ3v) is 5.15. The normalized spacial score (nSPS) is 12.0. The Morgan fingerprint density at radius 2 is 2.16 bits per heavy atom. The summed E-state index contributed by atoms with van der Waals surface area (Å²) in [7, 11) is -2.40. The number of nitrogens with zero attached hydrogens (tertiary/aromatic N) is 4. The van der Waals surface area contributed by atoms with Gasteiger partial charge in [-0.15, -0.1) is 5.10 Å². The monoisotopic (exact) mass is 353 g/mol. The number of carbonyl (C=O) groups is 1. The number of nitrogens with two attached hydrogens (primary N) is 1. The Labute approximate surface area is 120 Å². The van der Waals surface area contributed by atoms with Crippen molar-refractivity contribution >= 4 is 31.9 Å². The molecule has 1 rings (SSSR count). The fourth-order valence-electron chi connectivity index (χ4n) is 1.51. The highest BCUT2D eigenvalue weighted by atomic mass is 79.9. The van der Waals surface area contributed by atoms with Crippen LogP contribution in [0, 0.1) is 0 Å². The van der Waals surface area contributed by atoms with Gasteiger partial charge in [-0.25, -0.2) is 13.1 Å². The van der Waals surface area contributed by atoms with Gasteiger partial charge in [-0.1, -0.05) is 18.6 Å². The van der Waals surface area contributed by atoms with Gasteiger partial charge in [0.1, 0.15) is 0 Å². The number of carbonyl (C=O) groups excluding carboxylic acids is 1. The summed E-state index contributed by atoms with van der Waals surface area (Å²) in [6.07, 6.45) is 1.44. The fraction of sp³-hybridized carbons (Fsp3) is 0.667. The molecule has 2 N–H and O–H groups in total. The van der Waals surface area contributed by atoms with Crippen LogP contribution in [-0.2, 0) is 21.9 Å². The van der Waals surface area contributed by atoms with Crippen LogP contribution >= 0.6 is 15.9 Å². The number of amides is 1. The Morgan fingerprint density at radius 3 is 2.58 bits per heavy atom. The molecule has 1 aromatic rings. The zero-order valence-corrected chi connectivity index (χ0v) is 13.1. The van der Waals surface area contributed by atoms with Crippen molar-refractivity contribution in [3.8, 4) is 0 Å². The van der Waals surface area contributed by atoms with E-state index in [0.717, 1.165) is 15.4 Å². The highest BCUT2D eigenvalue weighted by molar-refractivity contribution is 9.10. The van der Waals surface area contributed by atoms with Gasteiger partial charge in [0.05, 0.1) is 6.54 Å². The van der Waals surface area contributed by atoms with Crippen molar-refractivity contribution in [1.82, 2.24) is 19.3 Å². The first-order chi connectivity index (χ1) is 8.80. The standard InChI is InChI=1S/C9H16BrN5O3S/c1-3-4-5-15(6-7(11)16)19(17,18)9-8(10)12-13-14(9)2/h3-6H2,1-2H3,(H2,11,16). The Kier molecular flexibility index (Phi) is 5.44. The van der Waals surface area contributed by atoms with Crippen LogP contribution in [0.25, 0.3) is 0 Å². The number of primary amides is 1. The third-order valence-electron chi connectivity index (χ3n) is 2.41. The average Bonchev–Trinajstić information content (AvgIpc) is 2.64. The average molecular weight is 354 g/mol. The molecule has 8 nitrogen and oxygen atoms in total. The maximum Gasteiger partial charge on any atom is 0.263 e. The summed E-state index contributed by atoms with van der Waals surface area (Å²) in [5.74, 6) is -0.703. The molecule has 0 fully saturated rings. The number of unbranched alkanes of at least 4 members (excludes halogenated alkanes) is 1. The van der Waals surface area contributed by atoms with Crippen LogP contribution in [-0.4, -0.2) is 46.7 Å². The van der Waals surface area contributed by atoms with Gasteiger partial charge < -0.3 is 5.73 Å². The number of rotatable bonds is 7. The van der Waals surface area contributed by atoms with Gasteiger partial charge in [0.25, 0.3) is 10.0 Å². The first-order valence-electron chi connectivity index (χ1n) is 5.64. The van der Waals surface area contributed by atoms with Gasteiger partial charge in [0, 0.05) is 13.6 Å². The highest BCUT2D eigenvalue weighted by Crippen LogP contribution is 2.22. The molecule has 0 atom stereocenters. The van der Waals surface area contributed by atoms with Crippen molar-refractivity contribution in [3.05, 3.63) is 4.60 Å². The molecule has 0 unspecified atom stereocenters. The van der Waals surface area contributed by atoms with E-state index in [0.29, 0.717) is 6.42 Å². The van der Waals surface area contributed by atoms with E-state index in [1.54, 1.807) is 0 Å². The number of sulfonamides is 1. The number of halogens is 1. The maximum atomic E-state index is 12.5. The molecule has 0 radical (unpaired) electrons. The molecule has 108 valence electrons. The molecular weight excluding hydrogens is 338 g/mol. The highest BCUT2D eigenvalue weighted by Gasteiger charge is 2.31. The molecule has 0 aromatic carbocycles. The minimum absolute atomic E-state index is 0.0927. The smallest absolute Gasteiger partial charge is 0.263 e. The zero-order valence-electron chi connectivity index (χ0n) is 10.7. The summed E-state index contributed by atoms with van der Waals surface area (Å²) in [5.41, 5.74) is 5.10. The van der Waals surface area contributed by atoms with E-state index in [1.807, 2.05) is 6.92 Å². The van der Waals surface area contributed by atoms with Crippen LogP contribution in [0.5, 0.6) is 0 Å². The first-order valence-corrected chi connectivity index (χ1v) is 7.87. The van der Waals surface area contributed by atoms with E-state index in [4.69, 9.17) is 5.73 Å². The second-order valence-corrected chi connectivity index (χ2v) is 6.57. The van der Waals surface area contributed by atoms with Crippen molar-refractivity contribution in [2.45, 2.75) is 24.8 Å². The van der Waals surface area contributed by atoms with E-state index in [9.17, 15) is 13.2 Å². The zero-order chi connectivity index (χ0) is 14.6. The van der Waals surface area contributed by atoms with Crippen LogP contribution in [0.3, 0.4) is 0 Å². The Bertz CT molecular complexity index is 537. The lowest BCUT2D eigenvalue weighted by molar-refractivity contribution is -0.118. The molecule has 10 heteroatoms. The van der Waals surface area contributed by atoms with Crippen LogP contribution in [0.4, 0.5) is 0 Å². The molecule has 1 aromatic heterocycles. The lowest BCUT2D eigenvalue weighted by Crippen LogP contribution is -2.39. The molecule has 19 heavy (non-hydrogen) atoms. The Morgan fingerprint density at radius 1 is 1.53 bits per heavy atom. The van der Waals surface area contributed by atoms with Gasteiger partial charge in [-0.05, 0) is 22.4 Å². The minimum Gasteiger partial charge on any atom is -0.369 e. The van der Waals surface area contributed by atoms with Gasteiger partial charge in [0.15, 0.2) is 4.60 Å². The largest absolute Gasteiger partial charge is 0.369 e. The molecular formula is C9H16BrN5O3S. The molecule has 0 saturated heterocycles. The molecule has 0 aliphatic carbocycles. The molecule has 1 amide bonds. The summed E-state index contributed by atoms with van der Waals surface area (Å²) in [6.45, 7) is 1.79. The Balaban J connectivity index is 3.15. The molecule has 0 saturated carbocycles. The maximum absolute atomic E-state index is 12.5. The first kappa shape index (κ1) is 16.1. The molecule has 0 aliphatic rings. The van der Waals surface area contributed by atoms with Gasteiger partial charge in [0.2, 0.25) is 10.9 Å². The molecule has 0 bridgehead atoms. The van der Waals surface area contributed by atoms with Gasteiger partial charge in [-0.3, -0.25) is 4.79 Å². The van der Waals surface area contributed by atoms with Crippen LogP contribution in [0.1, 0.15) is 19.8 Å². The topological polar surface area (TPSA) is 111 Å². The number of hydrogen-bond acceptors (Lipinski definition) is 5. The van der Waals surface area contributed by atoms with Gasteiger partial charge >= 0.3 is 0 Å². The van der Waals surface area contributed by atoms with Crippen LogP contribution in [0.2, 0.25) is 0 Å². The van der Waals surface area contributed by atoms with Crippen LogP contribution in [0.15, 0.2) is 9.63 Å². The predicted octanol–water partition coefficient (Wildman–Crippen LogP) is -0.146. The minimum atomic E-state index is -3.86. The summed E-state index contributed by atoms with van der Waals surface area (Å²) in [6, 6.07) is 0. The summed E-state index contributed by atoms with van der Waals surface area (Å²) in [4.78, 5) is 11.0.